The zero-order chi connectivity index (χ0) is 8.15. The molecule has 0 aliphatic rings. The normalized spacial score (nSPS) is 16.3. The summed E-state index contributed by atoms with van der Waals surface area (Å²) in [6.07, 6.45) is 1.87. The first-order valence-electron chi connectivity index (χ1n) is 3.10. The number of rotatable bonds is 4. The number of carboxylic acids is 1. The minimum Gasteiger partial charge on any atom is -0.480 e. The van der Waals surface area contributed by atoms with Crippen LogP contribution in [0.25, 0.3) is 0 Å². The third kappa shape index (κ3) is 3.56. The lowest BCUT2D eigenvalue weighted by atomic mass is 10.2. The predicted octanol–water partition coefficient (Wildman–Crippen LogP) is 2.40. The highest BCUT2D eigenvalue weighted by Gasteiger charge is 2.21. The Labute approximate surface area is 77.3 Å². The molecule has 2 atom stereocenters. The average Bonchev–Trinajstić information content (AvgIpc) is 1.87. The van der Waals surface area contributed by atoms with Crippen LogP contribution in [0.3, 0.4) is 0 Å². The Hall–Kier alpha value is 0.430. The monoisotopic (exact) mass is 272 g/mol. The molecule has 2 unspecified atom stereocenters. The van der Waals surface area contributed by atoms with E-state index >= 15 is 0 Å². The molecule has 0 spiro atoms. The van der Waals surface area contributed by atoms with Crippen LogP contribution in [0.15, 0.2) is 0 Å². The van der Waals surface area contributed by atoms with E-state index < -0.39 is 10.8 Å². The summed E-state index contributed by atoms with van der Waals surface area (Å²) in [6.45, 7) is 2.02. The second-order valence-electron chi connectivity index (χ2n) is 2.04. The molecule has 0 aliphatic heterocycles. The van der Waals surface area contributed by atoms with E-state index in [1.165, 1.54) is 0 Å². The predicted molar refractivity (Wildman–Crippen MR) is 48.0 cm³/mol. The van der Waals surface area contributed by atoms with Gasteiger partial charge in [-0.25, -0.2) is 0 Å². The highest BCUT2D eigenvalue weighted by molar-refractivity contribution is 9.12. The van der Waals surface area contributed by atoms with Crippen molar-refractivity contribution >= 4 is 37.8 Å². The van der Waals surface area contributed by atoms with Crippen molar-refractivity contribution in [1.82, 2.24) is 0 Å². The fraction of sp³-hybridized carbons (Fsp3) is 0.833. The van der Waals surface area contributed by atoms with Gasteiger partial charge in [-0.1, -0.05) is 45.2 Å². The first-order chi connectivity index (χ1) is 4.59. The second kappa shape index (κ2) is 5.13. The standard InChI is InChI=1S/C6H10Br2O2/c1-2-3-4(7)5(8)6(9)10/h4-5H,2-3H2,1H3,(H,9,10). The molecule has 0 saturated heterocycles. The Balaban J connectivity index is 3.69. The van der Waals surface area contributed by atoms with Crippen molar-refractivity contribution in [2.24, 2.45) is 0 Å². The number of carboxylic acid groups (broad SMARTS) is 1. The Morgan fingerprint density at radius 3 is 2.40 bits per heavy atom. The van der Waals surface area contributed by atoms with Crippen LogP contribution >= 0.6 is 31.9 Å². The van der Waals surface area contributed by atoms with Crippen LogP contribution in [0, 0.1) is 0 Å². The van der Waals surface area contributed by atoms with Gasteiger partial charge >= 0.3 is 5.97 Å². The van der Waals surface area contributed by atoms with Gasteiger partial charge in [-0.2, -0.15) is 0 Å². The summed E-state index contributed by atoms with van der Waals surface area (Å²) in [5, 5.41) is 8.50. The van der Waals surface area contributed by atoms with Crippen LogP contribution in [0.2, 0.25) is 0 Å². The van der Waals surface area contributed by atoms with E-state index in [0.29, 0.717) is 0 Å². The van der Waals surface area contributed by atoms with Gasteiger partial charge in [-0.3, -0.25) is 4.79 Å². The van der Waals surface area contributed by atoms with Gasteiger partial charge in [0.1, 0.15) is 4.83 Å². The molecule has 0 aromatic rings. The van der Waals surface area contributed by atoms with E-state index in [1.54, 1.807) is 0 Å². The van der Waals surface area contributed by atoms with Crippen LogP contribution in [-0.2, 0) is 4.79 Å². The maximum absolute atomic E-state index is 10.3. The van der Waals surface area contributed by atoms with Crippen molar-refractivity contribution in [2.75, 3.05) is 0 Å². The Bertz CT molecular complexity index is 116. The Kier molecular flexibility index (Phi) is 5.35. The van der Waals surface area contributed by atoms with Crippen molar-refractivity contribution in [2.45, 2.75) is 29.4 Å². The molecule has 0 rings (SSSR count). The highest BCUT2D eigenvalue weighted by Crippen LogP contribution is 2.18. The number of hydrogen-bond acceptors (Lipinski definition) is 1. The minimum absolute atomic E-state index is 0.0370. The van der Waals surface area contributed by atoms with Gasteiger partial charge in [0.2, 0.25) is 0 Å². The lowest BCUT2D eigenvalue weighted by Crippen LogP contribution is -2.23. The molecular formula is C6H10Br2O2. The number of halogens is 2. The molecule has 0 radical (unpaired) electrons. The highest BCUT2D eigenvalue weighted by atomic mass is 79.9. The molecule has 0 amide bonds. The van der Waals surface area contributed by atoms with Crippen LogP contribution < -0.4 is 0 Å². The van der Waals surface area contributed by atoms with Crippen molar-refractivity contribution < 1.29 is 9.90 Å². The summed E-state index contributed by atoms with van der Waals surface area (Å²) in [4.78, 5) is 9.91. The SMILES string of the molecule is CCCC(Br)C(Br)C(=O)O. The second-order valence-corrected chi connectivity index (χ2v) is 4.21. The van der Waals surface area contributed by atoms with Gasteiger partial charge in [0.15, 0.2) is 0 Å². The molecule has 0 aliphatic carbocycles. The fourth-order valence-electron chi connectivity index (χ4n) is 0.577. The number of hydrogen-bond donors (Lipinski definition) is 1. The molecule has 0 heterocycles. The number of carbonyl (C=O) groups is 1. The van der Waals surface area contributed by atoms with E-state index in [0.717, 1.165) is 12.8 Å². The summed E-state index contributed by atoms with van der Waals surface area (Å²) in [5.74, 6) is -0.810. The summed E-state index contributed by atoms with van der Waals surface area (Å²) in [5.41, 5.74) is 0. The Morgan fingerprint density at radius 2 is 2.10 bits per heavy atom. The van der Waals surface area contributed by atoms with E-state index in [1.807, 2.05) is 6.92 Å². The Morgan fingerprint density at radius 1 is 1.60 bits per heavy atom. The lowest BCUT2D eigenvalue weighted by Gasteiger charge is -2.10. The molecule has 0 aromatic carbocycles. The van der Waals surface area contributed by atoms with Gasteiger partial charge in [0.05, 0.1) is 0 Å². The van der Waals surface area contributed by atoms with E-state index in [2.05, 4.69) is 31.9 Å². The molecule has 10 heavy (non-hydrogen) atoms. The topological polar surface area (TPSA) is 37.3 Å². The zero-order valence-corrected chi connectivity index (χ0v) is 8.85. The molecule has 0 bridgehead atoms. The van der Waals surface area contributed by atoms with Gasteiger partial charge in [-0.15, -0.1) is 0 Å². The van der Waals surface area contributed by atoms with Crippen molar-refractivity contribution in [3.63, 3.8) is 0 Å². The molecule has 1 N–H and O–H groups in total. The molecule has 0 saturated carbocycles. The summed E-state index contributed by atoms with van der Waals surface area (Å²) in [7, 11) is 0. The quantitative estimate of drug-likeness (QED) is 0.799. The third-order valence-corrected chi connectivity index (χ3v) is 3.84. The smallest absolute Gasteiger partial charge is 0.318 e. The zero-order valence-electron chi connectivity index (χ0n) is 5.68. The number of alkyl halides is 2. The summed E-state index contributed by atoms with van der Waals surface area (Å²) >= 11 is 6.34. The van der Waals surface area contributed by atoms with Crippen LogP contribution in [0.1, 0.15) is 19.8 Å². The molecule has 0 fully saturated rings. The van der Waals surface area contributed by atoms with Gasteiger partial charge in [0, 0.05) is 4.83 Å². The first-order valence-corrected chi connectivity index (χ1v) is 4.93. The maximum Gasteiger partial charge on any atom is 0.318 e. The summed E-state index contributed by atoms with van der Waals surface area (Å²) < 4.78 is 0. The fourth-order valence-corrected chi connectivity index (χ4v) is 1.53. The average molecular weight is 274 g/mol. The minimum atomic E-state index is -0.810. The third-order valence-electron chi connectivity index (χ3n) is 1.12. The molecule has 0 aromatic heterocycles. The summed E-state index contributed by atoms with van der Waals surface area (Å²) in [6, 6.07) is 0. The van der Waals surface area contributed by atoms with Crippen molar-refractivity contribution in [3.05, 3.63) is 0 Å². The largest absolute Gasteiger partial charge is 0.480 e. The molecular weight excluding hydrogens is 264 g/mol. The van der Waals surface area contributed by atoms with E-state index in [9.17, 15) is 4.79 Å². The number of aliphatic carboxylic acids is 1. The van der Waals surface area contributed by atoms with Gasteiger partial charge < -0.3 is 5.11 Å². The lowest BCUT2D eigenvalue weighted by molar-refractivity contribution is -0.136. The molecule has 4 heteroatoms. The van der Waals surface area contributed by atoms with Crippen LogP contribution in [0.4, 0.5) is 0 Å². The first kappa shape index (κ1) is 10.4. The van der Waals surface area contributed by atoms with Gasteiger partial charge in [-0.05, 0) is 6.42 Å². The van der Waals surface area contributed by atoms with E-state index in [4.69, 9.17) is 5.11 Å². The maximum atomic E-state index is 10.3. The van der Waals surface area contributed by atoms with E-state index in [-0.39, 0.29) is 4.83 Å². The van der Waals surface area contributed by atoms with Crippen LogP contribution in [0.5, 0.6) is 0 Å². The molecule has 60 valence electrons. The van der Waals surface area contributed by atoms with Crippen molar-refractivity contribution in [1.29, 1.82) is 0 Å². The van der Waals surface area contributed by atoms with Gasteiger partial charge in [0.25, 0.3) is 0 Å². The van der Waals surface area contributed by atoms with Crippen molar-refractivity contribution in [3.8, 4) is 0 Å². The molecule has 2 nitrogen and oxygen atoms in total. The van der Waals surface area contributed by atoms with Crippen LogP contribution in [-0.4, -0.2) is 20.7 Å².